The Hall–Kier alpha value is -2.99. The summed E-state index contributed by atoms with van der Waals surface area (Å²) in [4.78, 5) is 22.6. The minimum Gasteiger partial charge on any atom is -0.338 e. The van der Waals surface area contributed by atoms with Crippen molar-refractivity contribution in [2.24, 2.45) is 0 Å². The van der Waals surface area contributed by atoms with Gasteiger partial charge in [-0.05, 0) is 25.5 Å². The molecule has 1 aromatic heterocycles. The summed E-state index contributed by atoms with van der Waals surface area (Å²) < 4.78 is 23.4. The van der Waals surface area contributed by atoms with E-state index in [9.17, 15) is 13.2 Å². The molecule has 2 aromatic rings. The third-order valence-electron chi connectivity index (χ3n) is 4.43. The van der Waals surface area contributed by atoms with Gasteiger partial charge >= 0.3 is 0 Å². The van der Waals surface area contributed by atoms with Gasteiger partial charge in [-0.1, -0.05) is 12.1 Å². The van der Waals surface area contributed by atoms with Crippen LogP contribution < -0.4 is 5.32 Å². The van der Waals surface area contributed by atoms with Gasteiger partial charge in [0.25, 0.3) is 5.91 Å². The fourth-order valence-corrected chi connectivity index (χ4v) is 4.80. The lowest BCUT2D eigenvalue weighted by Crippen LogP contribution is -2.41. The number of nitrogens with zero attached hydrogens (tertiary/aromatic N) is 4. The Balaban J connectivity index is 1.74. The van der Waals surface area contributed by atoms with E-state index in [4.69, 9.17) is 5.26 Å². The number of carbonyl (C=O) groups excluding carboxylic acids is 1. The summed E-state index contributed by atoms with van der Waals surface area (Å²) in [5, 5.41) is 12.1. The Morgan fingerprint density at radius 2 is 2.11 bits per heavy atom. The van der Waals surface area contributed by atoms with Crippen molar-refractivity contribution in [1.82, 2.24) is 14.9 Å². The van der Waals surface area contributed by atoms with Gasteiger partial charge in [0.2, 0.25) is 0 Å². The standard InChI is InChI=1S/C18H19N5O3S/c1-2-23(14-7-8-27(25,26)12-14)18(24)16-10-21-17(11-20-16)22-15-6-4-3-5-13(15)9-19/h3-6,10-11,14H,2,7-8,12H2,1H3,(H,21,22). The monoisotopic (exact) mass is 385 g/mol. The molecule has 1 aliphatic heterocycles. The molecule has 2 heterocycles. The van der Waals surface area contributed by atoms with Gasteiger partial charge in [-0.3, -0.25) is 4.79 Å². The van der Waals surface area contributed by atoms with E-state index in [-0.39, 0.29) is 29.1 Å². The first-order valence-corrected chi connectivity index (χ1v) is 10.3. The third-order valence-corrected chi connectivity index (χ3v) is 6.18. The molecule has 1 aromatic carbocycles. The first-order chi connectivity index (χ1) is 12.9. The summed E-state index contributed by atoms with van der Waals surface area (Å²) in [5.41, 5.74) is 1.22. The van der Waals surface area contributed by atoms with Crippen LogP contribution in [0.1, 0.15) is 29.4 Å². The number of hydrogen-bond donors (Lipinski definition) is 1. The zero-order valence-corrected chi connectivity index (χ0v) is 15.6. The van der Waals surface area contributed by atoms with Crippen molar-refractivity contribution in [3.63, 3.8) is 0 Å². The lowest BCUT2D eigenvalue weighted by molar-refractivity contribution is 0.0702. The molecule has 0 bridgehead atoms. The summed E-state index contributed by atoms with van der Waals surface area (Å²) in [6, 6.07) is 8.75. The first kappa shape index (κ1) is 18.8. The molecule has 8 nitrogen and oxygen atoms in total. The van der Waals surface area contributed by atoms with Crippen LogP contribution in [-0.4, -0.2) is 53.3 Å². The number of amides is 1. The van der Waals surface area contributed by atoms with E-state index in [0.717, 1.165) is 0 Å². The molecule has 0 aliphatic carbocycles. The van der Waals surface area contributed by atoms with E-state index >= 15 is 0 Å². The number of nitrogens with one attached hydrogen (secondary N) is 1. The highest BCUT2D eigenvalue weighted by molar-refractivity contribution is 7.91. The maximum absolute atomic E-state index is 12.7. The Morgan fingerprint density at radius 1 is 1.33 bits per heavy atom. The van der Waals surface area contributed by atoms with Crippen molar-refractivity contribution < 1.29 is 13.2 Å². The smallest absolute Gasteiger partial charge is 0.274 e. The molecule has 1 atom stereocenters. The Morgan fingerprint density at radius 3 is 2.70 bits per heavy atom. The highest BCUT2D eigenvalue weighted by Gasteiger charge is 2.34. The second kappa shape index (κ2) is 7.72. The molecule has 9 heteroatoms. The van der Waals surface area contributed by atoms with Crippen molar-refractivity contribution >= 4 is 27.2 Å². The molecule has 1 N–H and O–H groups in total. The summed E-state index contributed by atoms with van der Waals surface area (Å²) >= 11 is 0. The number of hydrogen-bond acceptors (Lipinski definition) is 7. The summed E-state index contributed by atoms with van der Waals surface area (Å²) in [6.07, 6.45) is 3.21. The minimum atomic E-state index is -3.08. The molecule has 1 unspecified atom stereocenters. The molecular formula is C18H19N5O3S. The number of benzene rings is 1. The molecule has 0 radical (unpaired) electrons. The predicted octanol–water partition coefficient (Wildman–Crippen LogP) is 1.74. The van der Waals surface area contributed by atoms with Crippen LogP contribution in [0.2, 0.25) is 0 Å². The van der Waals surface area contributed by atoms with Gasteiger partial charge in [-0.2, -0.15) is 5.26 Å². The SMILES string of the molecule is CCN(C(=O)c1cnc(Nc2ccccc2C#N)cn1)C1CCS(=O)(=O)C1. The van der Waals surface area contributed by atoms with Crippen molar-refractivity contribution in [2.45, 2.75) is 19.4 Å². The highest BCUT2D eigenvalue weighted by atomic mass is 32.2. The van der Waals surface area contributed by atoms with Gasteiger partial charge < -0.3 is 10.2 Å². The van der Waals surface area contributed by atoms with Gasteiger partial charge in [0.15, 0.2) is 9.84 Å². The van der Waals surface area contributed by atoms with Crippen LogP contribution in [-0.2, 0) is 9.84 Å². The zero-order valence-electron chi connectivity index (χ0n) is 14.8. The van der Waals surface area contributed by atoms with Crippen molar-refractivity contribution in [3.8, 4) is 6.07 Å². The van der Waals surface area contributed by atoms with E-state index < -0.39 is 9.84 Å². The molecule has 1 aliphatic rings. The van der Waals surface area contributed by atoms with Crippen molar-refractivity contribution in [1.29, 1.82) is 5.26 Å². The normalized spacial score (nSPS) is 17.9. The Kier molecular flexibility index (Phi) is 5.37. The van der Waals surface area contributed by atoms with E-state index in [0.29, 0.717) is 30.0 Å². The molecule has 140 valence electrons. The average molecular weight is 385 g/mol. The van der Waals surface area contributed by atoms with E-state index in [1.165, 1.54) is 17.3 Å². The van der Waals surface area contributed by atoms with Gasteiger partial charge in [-0.25, -0.2) is 18.4 Å². The fraction of sp³-hybridized carbons (Fsp3) is 0.333. The molecule has 0 spiro atoms. The zero-order chi connectivity index (χ0) is 19.4. The lowest BCUT2D eigenvalue weighted by Gasteiger charge is -2.26. The topological polar surface area (TPSA) is 116 Å². The van der Waals surface area contributed by atoms with E-state index in [1.54, 1.807) is 24.3 Å². The highest BCUT2D eigenvalue weighted by Crippen LogP contribution is 2.21. The van der Waals surface area contributed by atoms with Gasteiger partial charge in [0.1, 0.15) is 17.6 Å². The minimum absolute atomic E-state index is 0.00933. The van der Waals surface area contributed by atoms with Crippen LogP contribution in [0.4, 0.5) is 11.5 Å². The number of anilines is 2. The molecule has 27 heavy (non-hydrogen) atoms. The second-order valence-corrected chi connectivity index (χ2v) is 8.45. The van der Waals surface area contributed by atoms with Crippen LogP contribution in [0.15, 0.2) is 36.7 Å². The number of nitriles is 1. The third kappa shape index (κ3) is 4.23. The quantitative estimate of drug-likeness (QED) is 0.833. The van der Waals surface area contributed by atoms with E-state index in [1.807, 2.05) is 6.92 Å². The molecule has 0 saturated carbocycles. The van der Waals surface area contributed by atoms with Crippen LogP contribution in [0.5, 0.6) is 0 Å². The van der Waals surface area contributed by atoms with Crippen LogP contribution >= 0.6 is 0 Å². The summed E-state index contributed by atoms with van der Waals surface area (Å²) in [6.45, 7) is 2.21. The summed E-state index contributed by atoms with van der Waals surface area (Å²) in [5.74, 6) is 0.163. The maximum atomic E-state index is 12.7. The van der Waals surface area contributed by atoms with Crippen molar-refractivity contribution in [3.05, 3.63) is 47.9 Å². The van der Waals surface area contributed by atoms with Crippen molar-refractivity contribution in [2.75, 3.05) is 23.4 Å². The molecular weight excluding hydrogens is 366 g/mol. The molecule has 1 fully saturated rings. The Labute approximate surface area is 157 Å². The first-order valence-electron chi connectivity index (χ1n) is 8.53. The van der Waals surface area contributed by atoms with Crippen LogP contribution in [0, 0.1) is 11.3 Å². The number of para-hydroxylation sites is 1. The van der Waals surface area contributed by atoms with Gasteiger partial charge in [0, 0.05) is 12.6 Å². The number of rotatable bonds is 5. The average Bonchev–Trinajstić information content (AvgIpc) is 3.03. The number of carbonyl (C=O) groups is 1. The van der Waals surface area contributed by atoms with Gasteiger partial charge in [-0.15, -0.1) is 0 Å². The van der Waals surface area contributed by atoms with Crippen LogP contribution in [0.3, 0.4) is 0 Å². The maximum Gasteiger partial charge on any atom is 0.274 e. The van der Waals surface area contributed by atoms with Gasteiger partial charge in [0.05, 0.1) is 35.2 Å². The second-order valence-electron chi connectivity index (χ2n) is 6.22. The predicted molar refractivity (Wildman–Crippen MR) is 100 cm³/mol. The van der Waals surface area contributed by atoms with Crippen LogP contribution in [0.25, 0.3) is 0 Å². The fourth-order valence-electron chi connectivity index (χ4n) is 3.07. The molecule has 1 amide bonds. The number of sulfone groups is 1. The molecule has 3 rings (SSSR count). The number of aromatic nitrogens is 2. The van der Waals surface area contributed by atoms with E-state index in [2.05, 4.69) is 21.4 Å². The molecule has 1 saturated heterocycles. The largest absolute Gasteiger partial charge is 0.338 e. The Bertz CT molecular complexity index is 983. The lowest BCUT2D eigenvalue weighted by atomic mass is 10.2. The summed E-state index contributed by atoms with van der Waals surface area (Å²) in [7, 11) is -3.08.